The van der Waals surface area contributed by atoms with Crippen LogP contribution in [-0.2, 0) is 4.79 Å². The van der Waals surface area contributed by atoms with Crippen LogP contribution in [0.5, 0.6) is 0 Å². The molecule has 0 saturated carbocycles. The first kappa shape index (κ1) is 16.3. The van der Waals surface area contributed by atoms with E-state index in [4.69, 9.17) is 5.73 Å². The van der Waals surface area contributed by atoms with Crippen LogP contribution < -0.4 is 11.1 Å². The van der Waals surface area contributed by atoms with Gasteiger partial charge in [0.25, 0.3) is 0 Å². The quantitative estimate of drug-likeness (QED) is 0.881. The van der Waals surface area contributed by atoms with E-state index in [9.17, 15) is 9.59 Å². The third-order valence-corrected chi connectivity index (χ3v) is 4.45. The lowest BCUT2D eigenvalue weighted by atomic mass is 9.93. The topological polar surface area (TPSA) is 75.4 Å². The molecule has 22 heavy (non-hydrogen) atoms. The van der Waals surface area contributed by atoms with Crippen molar-refractivity contribution in [2.24, 2.45) is 11.7 Å². The molecule has 0 spiro atoms. The van der Waals surface area contributed by atoms with Gasteiger partial charge < -0.3 is 16.0 Å². The molecule has 0 unspecified atom stereocenters. The van der Waals surface area contributed by atoms with Crippen LogP contribution in [0.3, 0.4) is 0 Å². The van der Waals surface area contributed by atoms with E-state index >= 15 is 0 Å². The molecule has 3 N–H and O–H groups in total. The average molecular weight is 303 g/mol. The minimum atomic E-state index is -0.326. The molecule has 1 aromatic rings. The van der Waals surface area contributed by atoms with Crippen molar-refractivity contribution >= 4 is 17.6 Å². The summed E-state index contributed by atoms with van der Waals surface area (Å²) in [7, 11) is 0. The van der Waals surface area contributed by atoms with Gasteiger partial charge in [-0.1, -0.05) is 17.7 Å². The molecule has 1 saturated heterocycles. The van der Waals surface area contributed by atoms with Crippen LogP contribution in [0.2, 0.25) is 0 Å². The predicted molar refractivity (Wildman–Crippen MR) is 87.8 cm³/mol. The van der Waals surface area contributed by atoms with E-state index in [2.05, 4.69) is 17.4 Å². The highest BCUT2D eigenvalue weighted by atomic mass is 16.2. The molecule has 5 heteroatoms. The molecule has 1 aliphatic heterocycles. The molecular weight excluding hydrogens is 278 g/mol. The van der Waals surface area contributed by atoms with E-state index in [1.54, 1.807) is 4.90 Å². The molecule has 1 fully saturated rings. The number of amides is 3. The van der Waals surface area contributed by atoms with Crippen LogP contribution in [0.25, 0.3) is 0 Å². The zero-order valence-corrected chi connectivity index (χ0v) is 13.8. The maximum Gasteiger partial charge on any atom is 0.322 e. The van der Waals surface area contributed by atoms with Crippen molar-refractivity contribution in [3.05, 3.63) is 28.8 Å². The Morgan fingerprint density at radius 2 is 1.77 bits per heavy atom. The molecule has 2 atom stereocenters. The summed E-state index contributed by atoms with van der Waals surface area (Å²) in [6, 6.07) is 4.05. The number of benzene rings is 1. The van der Waals surface area contributed by atoms with Crippen LogP contribution >= 0.6 is 0 Å². The number of nitrogens with zero attached hydrogens (tertiary/aromatic N) is 1. The molecule has 0 aliphatic carbocycles. The van der Waals surface area contributed by atoms with Crippen molar-refractivity contribution in [2.45, 2.75) is 46.6 Å². The molecular formula is C17H25N3O2. The van der Waals surface area contributed by atoms with E-state index in [-0.39, 0.29) is 23.9 Å². The Bertz CT molecular complexity index is 575. The molecule has 0 aromatic heterocycles. The minimum absolute atomic E-state index is 0.113. The summed E-state index contributed by atoms with van der Waals surface area (Å²) in [4.78, 5) is 25.7. The van der Waals surface area contributed by atoms with Gasteiger partial charge in [0.15, 0.2) is 0 Å². The van der Waals surface area contributed by atoms with E-state index in [1.807, 2.05) is 27.7 Å². The summed E-state index contributed by atoms with van der Waals surface area (Å²) >= 11 is 0. The van der Waals surface area contributed by atoms with Crippen molar-refractivity contribution < 1.29 is 9.59 Å². The Morgan fingerprint density at radius 3 is 2.32 bits per heavy atom. The number of carbonyl (C=O) groups is 2. The predicted octanol–water partition coefficient (Wildman–Crippen LogP) is 2.73. The fourth-order valence-electron chi connectivity index (χ4n) is 3.18. The molecule has 0 bridgehead atoms. The number of aryl methyl sites for hydroxylation is 3. The van der Waals surface area contributed by atoms with E-state index in [0.29, 0.717) is 6.54 Å². The number of anilines is 1. The third-order valence-electron chi connectivity index (χ3n) is 4.45. The van der Waals surface area contributed by atoms with Gasteiger partial charge >= 0.3 is 6.03 Å². The van der Waals surface area contributed by atoms with Crippen molar-refractivity contribution in [1.29, 1.82) is 0 Å². The second-order valence-electron chi connectivity index (χ2n) is 6.38. The fourth-order valence-corrected chi connectivity index (χ4v) is 3.18. The Kier molecular flexibility index (Phi) is 4.74. The first-order chi connectivity index (χ1) is 10.3. The van der Waals surface area contributed by atoms with Gasteiger partial charge in [0.1, 0.15) is 0 Å². The standard InChI is InChI=1S/C17H25N3O2/c1-10-7-11(2)15(12(3)8-10)19-17(22)20-9-14(16(18)21)6-5-13(20)4/h7-8,13-14H,5-6,9H2,1-4H3,(H2,18,21)(H,19,22)/t13-,14-/m1/s1. The first-order valence-electron chi connectivity index (χ1n) is 7.74. The van der Waals surface area contributed by atoms with Gasteiger partial charge in [-0.05, 0) is 51.7 Å². The average Bonchev–Trinajstić information content (AvgIpc) is 2.42. The lowest BCUT2D eigenvalue weighted by molar-refractivity contribution is -0.123. The Morgan fingerprint density at radius 1 is 1.18 bits per heavy atom. The van der Waals surface area contributed by atoms with E-state index < -0.39 is 0 Å². The van der Waals surface area contributed by atoms with Crippen LogP contribution in [0.4, 0.5) is 10.5 Å². The number of likely N-dealkylation sites (tertiary alicyclic amines) is 1. The summed E-state index contributed by atoms with van der Waals surface area (Å²) in [5.74, 6) is -0.574. The smallest absolute Gasteiger partial charge is 0.322 e. The number of hydrogen-bond donors (Lipinski definition) is 2. The van der Waals surface area contributed by atoms with E-state index in [1.165, 1.54) is 5.56 Å². The van der Waals surface area contributed by atoms with Crippen LogP contribution in [0.1, 0.15) is 36.5 Å². The molecule has 0 radical (unpaired) electrons. The number of urea groups is 1. The first-order valence-corrected chi connectivity index (χ1v) is 7.74. The molecule has 2 rings (SSSR count). The highest BCUT2D eigenvalue weighted by Gasteiger charge is 2.31. The monoisotopic (exact) mass is 303 g/mol. The number of nitrogens with one attached hydrogen (secondary N) is 1. The number of carbonyl (C=O) groups excluding carboxylic acids is 2. The molecule has 3 amide bonds. The number of rotatable bonds is 2. The minimum Gasteiger partial charge on any atom is -0.369 e. The second-order valence-corrected chi connectivity index (χ2v) is 6.38. The molecule has 5 nitrogen and oxygen atoms in total. The SMILES string of the molecule is Cc1cc(C)c(NC(=O)N2C[C@H](C(N)=O)CC[C@H]2C)c(C)c1. The van der Waals surface area contributed by atoms with Crippen molar-refractivity contribution in [1.82, 2.24) is 4.90 Å². The maximum atomic E-state index is 12.6. The number of hydrogen-bond acceptors (Lipinski definition) is 2. The second kappa shape index (κ2) is 6.38. The van der Waals surface area contributed by atoms with Crippen molar-refractivity contribution in [3.63, 3.8) is 0 Å². The van der Waals surface area contributed by atoms with Gasteiger partial charge in [-0.25, -0.2) is 4.79 Å². The van der Waals surface area contributed by atoms with Gasteiger partial charge in [0.2, 0.25) is 5.91 Å². The molecule has 1 heterocycles. The zero-order valence-electron chi connectivity index (χ0n) is 13.8. The largest absolute Gasteiger partial charge is 0.369 e. The zero-order chi connectivity index (χ0) is 16.4. The third kappa shape index (κ3) is 3.40. The lowest BCUT2D eigenvalue weighted by Crippen LogP contribution is -2.50. The van der Waals surface area contributed by atoms with Gasteiger partial charge in [0, 0.05) is 18.3 Å². The van der Waals surface area contributed by atoms with Gasteiger partial charge in [-0.15, -0.1) is 0 Å². The Balaban J connectivity index is 2.16. The molecule has 1 aliphatic rings. The summed E-state index contributed by atoms with van der Waals surface area (Å²) in [6.07, 6.45) is 1.55. The highest BCUT2D eigenvalue weighted by Crippen LogP contribution is 2.25. The van der Waals surface area contributed by atoms with Crippen molar-refractivity contribution in [2.75, 3.05) is 11.9 Å². The lowest BCUT2D eigenvalue weighted by Gasteiger charge is -2.37. The van der Waals surface area contributed by atoms with Crippen LogP contribution in [0, 0.1) is 26.7 Å². The summed E-state index contributed by atoms with van der Waals surface area (Å²) in [5, 5.41) is 3.00. The normalized spacial score (nSPS) is 21.5. The summed E-state index contributed by atoms with van der Waals surface area (Å²) in [5.41, 5.74) is 9.51. The number of piperidine rings is 1. The Hall–Kier alpha value is -2.04. The van der Waals surface area contributed by atoms with E-state index in [0.717, 1.165) is 29.7 Å². The number of primary amides is 1. The highest BCUT2D eigenvalue weighted by molar-refractivity contribution is 5.92. The van der Waals surface area contributed by atoms with Crippen LogP contribution in [-0.4, -0.2) is 29.4 Å². The fraction of sp³-hybridized carbons (Fsp3) is 0.529. The van der Waals surface area contributed by atoms with Crippen LogP contribution in [0.15, 0.2) is 12.1 Å². The maximum absolute atomic E-state index is 12.6. The van der Waals surface area contributed by atoms with Crippen molar-refractivity contribution in [3.8, 4) is 0 Å². The van der Waals surface area contributed by atoms with Gasteiger partial charge in [0.05, 0.1) is 5.92 Å². The Labute approximate surface area is 131 Å². The summed E-state index contributed by atoms with van der Waals surface area (Å²) < 4.78 is 0. The summed E-state index contributed by atoms with van der Waals surface area (Å²) in [6.45, 7) is 8.41. The van der Waals surface area contributed by atoms with Gasteiger partial charge in [-0.2, -0.15) is 0 Å². The van der Waals surface area contributed by atoms with Gasteiger partial charge in [-0.3, -0.25) is 4.79 Å². The molecule has 120 valence electrons. The number of nitrogens with two attached hydrogens (primary N) is 1. The molecule has 1 aromatic carbocycles.